The van der Waals surface area contributed by atoms with Gasteiger partial charge >= 0.3 is 5.97 Å². The smallest absolute Gasteiger partial charge is 0.341 e. The lowest BCUT2D eigenvalue weighted by atomic mass is 9.87. The highest BCUT2D eigenvalue weighted by molar-refractivity contribution is 9.10. The van der Waals surface area contributed by atoms with Gasteiger partial charge in [-0.15, -0.1) is 0 Å². The first-order chi connectivity index (χ1) is 8.11. The zero-order chi connectivity index (χ0) is 12.0. The number of halogens is 1. The Morgan fingerprint density at radius 3 is 2.82 bits per heavy atom. The summed E-state index contributed by atoms with van der Waals surface area (Å²) in [4.78, 5) is 18.5. The van der Waals surface area contributed by atoms with Crippen LogP contribution in [-0.2, 0) is 10.3 Å². The van der Waals surface area contributed by atoms with Gasteiger partial charge in [0.1, 0.15) is 4.60 Å². The molecule has 1 spiro atoms. The molecule has 1 aromatic rings. The first-order valence-corrected chi connectivity index (χ1v) is 6.49. The molecule has 0 saturated carbocycles. The van der Waals surface area contributed by atoms with Gasteiger partial charge in [0.2, 0.25) is 0 Å². The van der Waals surface area contributed by atoms with Crippen molar-refractivity contribution in [3.8, 4) is 0 Å². The van der Waals surface area contributed by atoms with Gasteiger partial charge in [0.15, 0.2) is 5.60 Å². The van der Waals surface area contributed by atoms with Crippen LogP contribution >= 0.6 is 15.9 Å². The maximum Gasteiger partial charge on any atom is 0.341 e. The molecule has 0 aliphatic carbocycles. The van der Waals surface area contributed by atoms with Gasteiger partial charge in [0.05, 0.1) is 11.3 Å². The number of carbonyl (C=O) groups excluding carboxylic acids is 1. The van der Waals surface area contributed by atoms with Crippen LogP contribution in [0.4, 0.5) is 0 Å². The van der Waals surface area contributed by atoms with E-state index in [1.54, 1.807) is 12.1 Å². The van der Waals surface area contributed by atoms with Crippen LogP contribution in [0.25, 0.3) is 0 Å². The van der Waals surface area contributed by atoms with Crippen LogP contribution in [0.5, 0.6) is 0 Å². The first kappa shape index (κ1) is 11.2. The molecule has 0 bridgehead atoms. The van der Waals surface area contributed by atoms with Crippen LogP contribution < -0.4 is 0 Å². The number of piperidine rings is 1. The van der Waals surface area contributed by atoms with Crippen molar-refractivity contribution in [2.75, 3.05) is 20.1 Å². The Bertz CT molecular complexity index is 481. The second-order valence-corrected chi connectivity index (χ2v) is 5.53. The monoisotopic (exact) mass is 296 g/mol. The van der Waals surface area contributed by atoms with E-state index in [9.17, 15) is 4.79 Å². The van der Waals surface area contributed by atoms with E-state index in [2.05, 4.69) is 32.9 Å². The molecule has 3 heterocycles. The zero-order valence-electron chi connectivity index (χ0n) is 9.57. The molecule has 2 aliphatic rings. The lowest BCUT2D eigenvalue weighted by Crippen LogP contribution is -2.41. The lowest BCUT2D eigenvalue weighted by molar-refractivity contribution is -0.0414. The summed E-state index contributed by atoms with van der Waals surface area (Å²) >= 11 is 3.36. The van der Waals surface area contributed by atoms with E-state index in [0.29, 0.717) is 5.56 Å². The molecule has 0 radical (unpaired) electrons. The maximum atomic E-state index is 11.8. The highest BCUT2D eigenvalue weighted by Gasteiger charge is 2.48. The van der Waals surface area contributed by atoms with Crippen molar-refractivity contribution < 1.29 is 9.53 Å². The van der Waals surface area contributed by atoms with Gasteiger partial charge in [-0.1, -0.05) is 0 Å². The third-order valence-electron chi connectivity index (χ3n) is 3.60. The SMILES string of the molecule is CN1CCC2(CC1)OC(=O)c1ccc(Br)nc12. The summed E-state index contributed by atoms with van der Waals surface area (Å²) in [7, 11) is 2.08. The normalized spacial score (nSPS) is 22.6. The summed E-state index contributed by atoms with van der Waals surface area (Å²) in [6.45, 7) is 1.86. The highest BCUT2D eigenvalue weighted by atomic mass is 79.9. The van der Waals surface area contributed by atoms with Gasteiger partial charge in [-0.25, -0.2) is 9.78 Å². The third kappa shape index (κ3) is 1.68. The number of ether oxygens (including phenoxy) is 1. The molecule has 0 N–H and O–H groups in total. The fraction of sp³-hybridized carbons (Fsp3) is 0.500. The Labute approximate surface area is 108 Å². The van der Waals surface area contributed by atoms with Crippen LogP contribution in [0, 0.1) is 0 Å². The van der Waals surface area contributed by atoms with Crippen molar-refractivity contribution in [3.63, 3.8) is 0 Å². The van der Waals surface area contributed by atoms with Crippen molar-refractivity contribution >= 4 is 21.9 Å². The molecule has 1 fully saturated rings. The summed E-state index contributed by atoms with van der Waals surface area (Å²) < 4.78 is 6.37. The van der Waals surface area contributed by atoms with Crippen LogP contribution in [0.1, 0.15) is 28.9 Å². The van der Waals surface area contributed by atoms with Crippen molar-refractivity contribution in [1.29, 1.82) is 0 Å². The number of fused-ring (bicyclic) bond motifs is 2. The third-order valence-corrected chi connectivity index (χ3v) is 4.04. The van der Waals surface area contributed by atoms with E-state index in [1.165, 1.54) is 0 Å². The van der Waals surface area contributed by atoms with E-state index in [0.717, 1.165) is 36.2 Å². The van der Waals surface area contributed by atoms with Crippen molar-refractivity contribution in [2.45, 2.75) is 18.4 Å². The molecule has 3 rings (SSSR count). The number of hydrogen-bond acceptors (Lipinski definition) is 4. The molecule has 1 aromatic heterocycles. The Hall–Kier alpha value is -0.940. The Morgan fingerprint density at radius 2 is 2.12 bits per heavy atom. The number of aromatic nitrogens is 1. The Kier molecular flexibility index (Phi) is 2.48. The molecule has 0 unspecified atom stereocenters. The van der Waals surface area contributed by atoms with Gasteiger partial charge in [-0.05, 0) is 35.1 Å². The van der Waals surface area contributed by atoms with E-state index in [4.69, 9.17) is 4.74 Å². The standard InChI is InChI=1S/C12H13BrN2O2/c1-15-6-4-12(5-7-15)10-8(11(16)17-12)2-3-9(13)14-10/h2-3H,4-7H2,1H3. The number of likely N-dealkylation sites (tertiary alicyclic amines) is 1. The zero-order valence-corrected chi connectivity index (χ0v) is 11.2. The van der Waals surface area contributed by atoms with Crippen molar-refractivity contribution in [2.24, 2.45) is 0 Å². The van der Waals surface area contributed by atoms with E-state index >= 15 is 0 Å². The molecule has 17 heavy (non-hydrogen) atoms. The Morgan fingerprint density at radius 1 is 1.41 bits per heavy atom. The lowest BCUT2D eigenvalue weighted by Gasteiger charge is -2.36. The van der Waals surface area contributed by atoms with E-state index < -0.39 is 5.60 Å². The van der Waals surface area contributed by atoms with Crippen LogP contribution in [0.15, 0.2) is 16.7 Å². The van der Waals surface area contributed by atoms with Crippen LogP contribution in [-0.4, -0.2) is 36.0 Å². The summed E-state index contributed by atoms with van der Waals surface area (Å²) in [6, 6.07) is 3.58. The Balaban J connectivity index is 2.05. The average molecular weight is 297 g/mol. The second-order valence-electron chi connectivity index (χ2n) is 4.72. The molecular formula is C12H13BrN2O2. The number of hydrogen-bond donors (Lipinski definition) is 0. The predicted molar refractivity (Wildman–Crippen MR) is 65.8 cm³/mol. The number of nitrogens with zero attached hydrogens (tertiary/aromatic N) is 2. The first-order valence-electron chi connectivity index (χ1n) is 5.70. The molecule has 0 atom stereocenters. The molecule has 5 heteroatoms. The molecular weight excluding hydrogens is 284 g/mol. The van der Waals surface area contributed by atoms with E-state index in [-0.39, 0.29) is 5.97 Å². The summed E-state index contributed by atoms with van der Waals surface area (Å²) in [5, 5.41) is 0. The minimum absolute atomic E-state index is 0.232. The molecule has 1 saturated heterocycles. The van der Waals surface area contributed by atoms with Crippen LogP contribution in [0.2, 0.25) is 0 Å². The number of carbonyl (C=O) groups is 1. The van der Waals surface area contributed by atoms with Gasteiger partial charge in [0, 0.05) is 25.9 Å². The van der Waals surface area contributed by atoms with E-state index in [1.807, 2.05) is 0 Å². The van der Waals surface area contributed by atoms with Crippen LogP contribution in [0.3, 0.4) is 0 Å². The minimum atomic E-state index is -0.483. The average Bonchev–Trinajstić information content (AvgIpc) is 2.57. The van der Waals surface area contributed by atoms with Crippen molar-refractivity contribution in [1.82, 2.24) is 9.88 Å². The quantitative estimate of drug-likeness (QED) is 0.542. The topological polar surface area (TPSA) is 42.4 Å². The summed E-state index contributed by atoms with van der Waals surface area (Å²) in [6.07, 6.45) is 1.65. The molecule has 2 aliphatic heterocycles. The minimum Gasteiger partial charge on any atom is -0.449 e. The van der Waals surface area contributed by atoms with Crippen molar-refractivity contribution in [3.05, 3.63) is 28.0 Å². The largest absolute Gasteiger partial charge is 0.449 e. The van der Waals surface area contributed by atoms with Gasteiger partial charge < -0.3 is 9.64 Å². The molecule has 0 aromatic carbocycles. The number of esters is 1. The van der Waals surface area contributed by atoms with Gasteiger partial charge in [-0.2, -0.15) is 0 Å². The molecule has 90 valence electrons. The summed E-state index contributed by atoms with van der Waals surface area (Å²) in [5.41, 5.74) is 0.950. The fourth-order valence-electron chi connectivity index (χ4n) is 2.55. The summed E-state index contributed by atoms with van der Waals surface area (Å²) in [5.74, 6) is -0.232. The number of pyridine rings is 1. The second kappa shape index (κ2) is 3.78. The highest BCUT2D eigenvalue weighted by Crippen LogP contribution is 2.43. The molecule has 0 amide bonds. The molecule has 4 nitrogen and oxygen atoms in total. The van der Waals surface area contributed by atoms with Gasteiger partial charge in [-0.3, -0.25) is 0 Å². The fourth-order valence-corrected chi connectivity index (χ4v) is 2.86. The number of rotatable bonds is 0. The van der Waals surface area contributed by atoms with Gasteiger partial charge in [0.25, 0.3) is 0 Å². The predicted octanol–water partition coefficient (Wildman–Crippen LogP) is 1.94. The maximum absolute atomic E-state index is 11.8.